The summed E-state index contributed by atoms with van der Waals surface area (Å²) in [4.78, 5) is 22.9. The van der Waals surface area contributed by atoms with Crippen molar-refractivity contribution >= 4 is 8.60 Å². The van der Waals surface area contributed by atoms with Gasteiger partial charge in [-0.15, -0.1) is 0 Å². The lowest BCUT2D eigenvalue weighted by atomic mass is 9.67. The van der Waals surface area contributed by atoms with Crippen LogP contribution in [0, 0.1) is 0 Å². The minimum absolute atomic E-state index is 0.115. The summed E-state index contributed by atoms with van der Waals surface area (Å²) >= 11 is 0. The van der Waals surface area contributed by atoms with Gasteiger partial charge in [-0.25, -0.2) is 0 Å². The van der Waals surface area contributed by atoms with Gasteiger partial charge in [0.1, 0.15) is 5.60 Å². The van der Waals surface area contributed by atoms with E-state index in [1.54, 1.807) is 0 Å². The molecule has 0 aliphatic carbocycles. The summed E-state index contributed by atoms with van der Waals surface area (Å²) < 4.78 is 7.08. The maximum atomic E-state index is 11.5. The van der Waals surface area contributed by atoms with E-state index in [4.69, 9.17) is 4.52 Å². The highest BCUT2D eigenvalue weighted by molar-refractivity contribution is 7.39. The van der Waals surface area contributed by atoms with Crippen LogP contribution in [0.2, 0.25) is 0 Å². The fraction of sp³-hybridized carbons (Fsp3) is 0.846. The molecule has 2 N–H and O–H groups in total. The van der Waals surface area contributed by atoms with Crippen LogP contribution in [0.4, 0.5) is 0 Å². The van der Waals surface area contributed by atoms with Crippen molar-refractivity contribution in [3.63, 3.8) is 0 Å². The van der Waals surface area contributed by atoms with E-state index in [1.807, 2.05) is 0 Å². The molecular weight excluding hydrogens is 1020 g/mol. The van der Waals surface area contributed by atoms with Crippen molar-refractivity contribution in [2.45, 2.75) is 425 Å². The first kappa shape index (κ1) is 76.8. The Morgan fingerprint density at radius 3 is 0.744 bits per heavy atom. The Morgan fingerprint density at radius 1 is 0.280 bits per heavy atom. The first-order valence-electron chi connectivity index (χ1n) is 37.1. The Balaban J connectivity index is 2.53. The van der Waals surface area contributed by atoms with Gasteiger partial charge in [0.2, 0.25) is 0 Å². The predicted octanol–water partition coefficient (Wildman–Crippen LogP) is 27.2. The Bertz CT molecular complexity index is 1610. The normalized spacial score (nSPS) is 12.4. The maximum Gasteiger partial charge on any atom is 0.328 e. The number of aryl methyl sites for hydroxylation is 2. The van der Waals surface area contributed by atoms with Crippen LogP contribution in [0.1, 0.15) is 430 Å². The second-order valence-corrected chi connectivity index (χ2v) is 28.7. The molecule has 0 radical (unpaired) electrons. The van der Waals surface area contributed by atoms with Gasteiger partial charge in [-0.1, -0.05) is 400 Å². The number of unbranched alkanes of at least 4 members (excludes halogenated alkanes) is 44. The summed E-state index contributed by atoms with van der Waals surface area (Å²) in [6, 6.07) is 14.9. The van der Waals surface area contributed by atoms with Crippen molar-refractivity contribution in [3.8, 4) is 0 Å². The predicted molar refractivity (Wildman–Crippen MR) is 368 cm³/mol. The molecule has 82 heavy (non-hydrogen) atoms. The molecular formula is C78H143O3P. The van der Waals surface area contributed by atoms with E-state index in [0.29, 0.717) is 6.42 Å². The zero-order chi connectivity index (χ0) is 59.7. The molecule has 478 valence electrons. The van der Waals surface area contributed by atoms with Crippen molar-refractivity contribution in [2.75, 3.05) is 0 Å². The molecule has 0 amide bonds. The molecule has 2 aromatic carbocycles. The fourth-order valence-corrected chi connectivity index (χ4v) is 14.4. The summed E-state index contributed by atoms with van der Waals surface area (Å²) in [5.41, 5.74) is 6.62. The largest absolute Gasteiger partial charge is 0.328 e. The second kappa shape index (κ2) is 50.7. The molecule has 0 spiro atoms. The van der Waals surface area contributed by atoms with Crippen LogP contribution in [0.25, 0.3) is 0 Å². The molecule has 0 aromatic heterocycles. The molecule has 0 aliphatic rings. The van der Waals surface area contributed by atoms with Crippen LogP contribution in [-0.2, 0) is 33.8 Å². The van der Waals surface area contributed by atoms with E-state index in [0.717, 1.165) is 32.1 Å². The van der Waals surface area contributed by atoms with Gasteiger partial charge >= 0.3 is 8.60 Å². The zero-order valence-electron chi connectivity index (χ0n) is 56.9. The first-order chi connectivity index (χ1) is 39.9. The van der Waals surface area contributed by atoms with E-state index >= 15 is 0 Å². The van der Waals surface area contributed by atoms with Crippen LogP contribution < -0.4 is 0 Å². The van der Waals surface area contributed by atoms with Crippen molar-refractivity contribution < 1.29 is 14.3 Å². The number of rotatable bonds is 60. The minimum Gasteiger partial charge on any atom is -0.328 e. The van der Waals surface area contributed by atoms with E-state index in [-0.39, 0.29) is 10.8 Å². The van der Waals surface area contributed by atoms with E-state index < -0.39 is 14.2 Å². The molecule has 2 aromatic rings. The lowest BCUT2D eigenvalue weighted by molar-refractivity contribution is 0.0770. The van der Waals surface area contributed by atoms with Gasteiger partial charge in [0.25, 0.3) is 0 Å². The first-order valence-corrected chi connectivity index (χ1v) is 38.2. The monoisotopic (exact) mass is 1160 g/mol. The molecule has 0 aliphatic heterocycles. The van der Waals surface area contributed by atoms with Crippen molar-refractivity contribution in [3.05, 3.63) is 69.8 Å². The van der Waals surface area contributed by atoms with Crippen molar-refractivity contribution in [2.24, 2.45) is 0 Å². The standard InChI is InChI=1S/C78H143O3P/c1-10-15-19-23-27-31-35-39-43-47-51-55-59-70-61-63-72(76(6,7)66-57-53-49-45-41-37-33-29-25-21-17-12-3)74(68-70)78(65-14-5,81-82(79)80)75-69-71(60-56-52-48-44-40-36-32-28-24-20-16-11-2)62-64-73(75)77(8,9)67-58-54-50-46-42-38-34-30-26-22-18-13-4/h61-64,68-69,79-80H,10-60,65-67H2,1-9H3. The third kappa shape index (κ3) is 35.5. The topological polar surface area (TPSA) is 49.7 Å². The highest BCUT2D eigenvalue weighted by atomic mass is 31.2. The van der Waals surface area contributed by atoms with Crippen LogP contribution in [0.5, 0.6) is 0 Å². The summed E-state index contributed by atoms with van der Waals surface area (Å²) in [5.74, 6) is 0. The Hall–Kier alpha value is -1.25. The van der Waals surface area contributed by atoms with Gasteiger partial charge in [0.15, 0.2) is 0 Å². The molecule has 0 saturated carbocycles. The van der Waals surface area contributed by atoms with E-state index in [2.05, 4.69) is 98.7 Å². The Labute approximate surface area is 515 Å². The zero-order valence-corrected chi connectivity index (χ0v) is 57.8. The van der Waals surface area contributed by atoms with Crippen molar-refractivity contribution in [1.29, 1.82) is 0 Å². The third-order valence-electron chi connectivity index (χ3n) is 19.3. The quantitative estimate of drug-likeness (QED) is 0.0513. The number of hydrogen-bond acceptors (Lipinski definition) is 3. The van der Waals surface area contributed by atoms with E-state index in [1.165, 1.54) is 342 Å². The van der Waals surface area contributed by atoms with Crippen LogP contribution in [0.15, 0.2) is 36.4 Å². The lowest BCUT2D eigenvalue weighted by Crippen LogP contribution is -2.37. The Morgan fingerprint density at radius 2 is 0.512 bits per heavy atom. The summed E-state index contributed by atoms with van der Waals surface area (Å²) in [6.45, 7) is 21.5. The SMILES string of the molecule is CCCCCCCCCCCCCCc1ccc(C(C)(C)CCCCCCCCCCCCCC)c(C(CCC)(OP(O)O)c2cc(CCCCCCCCCCCCCC)ccc2C(C)(C)CCCCCCCCCCCCCC)c1. The molecule has 0 bridgehead atoms. The average molecular weight is 1160 g/mol. The van der Waals surface area contributed by atoms with Gasteiger partial charge < -0.3 is 9.79 Å². The third-order valence-corrected chi connectivity index (χ3v) is 19.8. The van der Waals surface area contributed by atoms with Crippen LogP contribution in [-0.4, -0.2) is 9.79 Å². The maximum absolute atomic E-state index is 11.5. The second-order valence-electron chi connectivity index (χ2n) is 28.0. The molecule has 2 rings (SSSR count). The number of hydrogen-bond donors (Lipinski definition) is 2. The lowest BCUT2D eigenvalue weighted by Gasteiger charge is -2.43. The van der Waals surface area contributed by atoms with Gasteiger partial charge in [-0.3, -0.25) is 4.52 Å². The molecule has 0 unspecified atom stereocenters. The smallest absolute Gasteiger partial charge is 0.328 e. The van der Waals surface area contributed by atoms with Gasteiger partial charge in [0, 0.05) is 0 Å². The van der Waals surface area contributed by atoms with Crippen molar-refractivity contribution in [1.82, 2.24) is 0 Å². The minimum atomic E-state index is -2.67. The summed E-state index contributed by atoms with van der Waals surface area (Å²) in [6.07, 6.45) is 71.0. The Kier molecular flexibility index (Phi) is 47.5. The highest BCUT2D eigenvalue weighted by Gasteiger charge is 2.45. The molecule has 0 fully saturated rings. The number of benzene rings is 2. The molecule has 0 saturated heterocycles. The van der Waals surface area contributed by atoms with Gasteiger partial charge in [-0.05, 0) is 89.2 Å². The fourth-order valence-electron chi connectivity index (χ4n) is 13.8. The van der Waals surface area contributed by atoms with E-state index in [9.17, 15) is 9.79 Å². The molecule has 3 nitrogen and oxygen atoms in total. The average Bonchev–Trinajstić information content (AvgIpc) is 3.63. The summed E-state index contributed by atoms with van der Waals surface area (Å²) in [7, 11) is -2.67. The molecule has 0 heterocycles. The van der Waals surface area contributed by atoms with Gasteiger partial charge in [0.05, 0.1) is 0 Å². The van der Waals surface area contributed by atoms with Gasteiger partial charge in [-0.2, -0.15) is 0 Å². The highest BCUT2D eigenvalue weighted by Crippen LogP contribution is 2.53. The molecule has 0 atom stereocenters. The summed E-state index contributed by atoms with van der Waals surface area (Å²) in [5, 5.41) is 0. The molecule has 4 heteroatoms. The van der Waals surface area contributed by atoms with Crippen LogP contribution >= 0.6 is 8.60 Å². The van der Waals surface area contributed by atoms with Crippen LogP contribution in [0.3, 0.4) is 0 Å².